The Morgan fingerprint density at radius 2 is 1.29 bits per heavy atom. The van der Waals surface area contributed by atoms with Crippen LogP contribution in [0.5, 0.6) is 11.5 Å². The van der Waals surface area contributed by atoms with Crippen LogP contribution in [0.3, 0.4) is 0 Å². The summed E-state index contributed by atoms with van der Waals surface area (Å²) in [6.07, 6.45) is 0. The monoisotopic (exact) mass is 1000 g/mol. The summed E-state index contributed by atoms with van der Waals surface area (Å²) in [6.45, 7) is -0.391. The number of nitrogens with zero attached hydrogens (tertiary/aromatic N) is 4. The van der Waals surface area contributed by atoms with Gasteiger partial charge in [-0.25, -0.2) is 25.2 Å². The highest BCUT2D eigenvalue weighted by atomic mass is 32.3. The van der Waals surface area contributed by atoms with E-state index in [1.165, 1.54) is 74.6 Å². The molecule has 1 amide bonds. The molecule has 29 heteroatoms. The number of nitrogens with one attached hydrogen (secondary N) is 2. The number of amides is 1. The molecule has 5 aromatic carbocycles. The Morgan fingerprint density at radius 3 is 1.88 bits per heavy atom. The van der Waals surface area contributed by atoms with Crippen LogP contribution < -0.4 is 15.4 Å². The van der Waals surface area contributed by atoms with Gasteiger partial charge in [-0.05, 0) is 79.2 Å². The predicted molar refractivity (Wildman–Crippen MR) is 231 cm³/mol. The zero-order chi connectivity index (χ0) is 48.1. The molecule has 24 nitrogen and oxygen atoms in total. The molecule has 0 radical (unpaired) electrons. The molecule has 0 saturated heterocycles. The Bertz CT molecular complexity index is 3310. The van der Waals surface area contributed by atoms with Gasteiger partial charge in [0.25, 0.3) is 16.0 Å². The molecule has 5 aromatic rings. The number of ether oxygens (including phenoxy) is 1. The molecular weight excluding hydrogens is 965 g/mol. The number of carbonyl (C=O) groups is 1. The second-order valence-electron chi connectivity index (χ2n) is 13.2. The van der Waals surface area contributed by atoms with Crippen molar-refractivity contribution in [3.63, 3.8) is 0 Å². The number of phenolic OH excluding ortho intramolecular Hbond substituents is 1. The Kier molecular flexibility index (Phi) is 15.1. The van der Waals surface area contributed by atoms with Gasteiger partial charge in [0.05, 0.1) is 53.0 Å². The lowest BCUT2D eigenvalue weighted by Crippen LogP contribution is -2.16. The van der Waals surface area contributed by atoms with Crippen molar-refractivity contribution in [3.8, 4) is 11.5 Å². The van der Waals surface area contributed by atoms with Crippen LogP contribution in [-0.4, -0.2) is 106 Å². The molecule has 0 saturated carbocycles. The maximum atomic E-state index is 13.0. The number of phenols is 1. The zero-order valence-electron chi connectivity index (χ0n) is 33.7. The van der Waals surface area contributed by atoms with Gasteiger partial charge in [0, 0.05) is 35.1 Å². The van der Waals surface area contributed by atoms with Crippen LogP contribution in [-0.2, 0) is 59.0 Å². The van der Waals surface area contributed by atoms with Crippen molar-refractivity contribution in [2.75, 3.05) is 49.5 Å². The predicted octanol–water partition coefficient (Wildman–Crippen LogP) is 5.42. The normalized spacial score (nSPS) is 12.8. The maximum Gasteiger partial charge on any atom is 0.397 e. The van der Waals surface area contributed by atoms with E-state index in [1.807, 2.05) is 0 Å². The summed E-state index contributed by atoms with van der Waals surface area (Å²) in [5, 5.41) is 33.0. The summed E-state index contributed by atoms with van der Waals surface area (Å²) in [5.74, 6) is -3.29. The Balaban J connectivity index is 1.43. The van der Waals surface area contributed by atoms with Crippen molar-refractivity contribution in [2.45, 2.75) is 21.6 Å². The molecule has 65 heavy (non-hydrogen) atoms. The van der Waals surface area contributed by atoms with Gasteiger partial charge in [0.2, 0.25) is 0 Å². The molecule has 0 aliphatic heterocycles. The van der Waals surface area contributed by atoms with E-state index in [2.05, 4.69) is 39.5 Å². The largest absolute Gasteiger partial charge is 0.505 e. The minimum atomic E-state index is -5.17. The number of hydrogen-bond donors (Lipinski definition) is 6. The van der Waals surface area contributed by atoms with E-state index in [9.17, 15) is 56.5 Å². The van der Waals surface area contributed by atoms with Crippen LogP contribution in [0.4, 0.5) is 34.1 Å². The number of rotatable bonds is 19. The van der Waals surface area contributed by atoms with Crippen molar-refractivity contribution < 1.29 is 78.8 Å². The van der Waals surface area contributed by atoms with Crippen LogP contribution in [0.25, 0.3) is 10.8 Å². The van der Waals surface area contributed by atoms with Gasteiger partial charge in [-0.15, -0.1) is 15.3 Å². The van der Waals surface area contributed by atoms with E-state index in [-0.39, 0.29) is 65.9 Å². The number of fused-ring (bicyclic) bond motifs is 1. The van der Waals surface area contributed by atoms with Gasteiger partial charge in [0.1, 0.15) is 27.7 Å². The topological polar surface area (TPSA) is 370 Å². The third-order valence-corrected chi connectivity index (χ3v) is 14.1. The minimum Gasteiger partial charge on any atom is -0.505 e. The standard InChI is InChI=1S/C36H36N6O18S5/c1-21-17-29(30(58-3)20-31(21)62(47,48)16-14-60-65(55,56)57)40-42-34-32(63(49,50)51)19-27-26(35(34)43)11-12-28(37-2)33(27)41-39-23-9-7-22(8-10-23)36(44)38-24-5-4-6-25(18-24)61(45,46)15-13-59-64(52,53)54/h4-12,17-20,37,43H,13-16H2,1-3H3,(H,38,44)(H,49,50,51)(H,52,53,54)(H,55,56,57). The summed E-state index contributed by atoms with van der Waals surface area (Å²) in [7, 11) is -20.6. The van der Waals surface area contributed by atoms with Gasteiger partial charge in [-0.3, -0.25) is 18.5 Å². The minimum absolute atomic E-state index is 0.0222. The molecule has 6 N–H and O–H groups in total. The molecule has 0 fully saturated rings. The van der Waals surface area contributed by atoms with Gasteiger partial charge >= 0.3 is 20.8 Å². The summed E-state index contributed by atoms with van der Waals surface area (Å²) in [6, 6.07) is 16.7. The molecule has 0 unspecified atom stereocenters. The van der Waals surface area contributed by atoms with Crippen molar-refractivity contribution in [2.24, 2.45) is 20.5 Å². The highest BCUT2D eigenvalue weighted by Gasteiger charge is 2.26. The Morgan fingerprint density at radius 1 is 0.677 bits per heavy atom. The smallest absolute Gasteiger partial charge is 0.397 e. The summed E-state index contributed by atoms with van der Waals surface area (Å²) in [5.41, 5.74) is -0.221. The second-order valence-corrected chi connectivity index (χ2v) is 21.0. The third kappa shape index (κ3) is 12.8. The van der Waals surface area contributed by atoms with Crippen molar-refractivity contribution in [3.05, 3.63) is 90.0 Å². The van der Waals surface area contributed by atoms with E-state index in [1.54, 1.807) is 0 Å². The number of sulfone groups is 2. The molecule has 0 spiro atoms. The molecule has 348 valence electrons. The third-order valence-electron chi connectivity index (χ3n) is 8.84. The van der Waals surface area contributed by atoms with E-state index in [4.69, 9.17) is 13.8 Å². The van der Waals surface area contributed by atoms with Crippen LogP contribution in [0.15, 0.2) is 114 Å². The van der Waals surface area contributed by atoms with E-state index >= 15 is 0 Å². The van der Waals surface area contributed by atoms with Gasteiger partial charge < -0.3 is 20.5 Å². The maximum absolute atomic E-state index is 13.0. The second kappa shape index (κ2) is 19.6. The van der Waals surface area contributed by atoms with Crippen molar-refractivity contribution >= 4 is 101 Å². The number of azo groups is 2. The molecule has 0 bridgehead atoms. The molecule has 0 aliphatic rings. The number of aryl methyl sites for hydroxylation is 1. The SMILES string of the molecule is CNc1ccc2c(O)c(N=Nc3cc(C)c(S(=O)(=O)CCOS(=O)(=O)O)cc3OC)c(S(=O)(=O)O)cc2c1N=Nc1ccc(C(=O)Nc2cccc(S(=O)(=O)CCOS(=O)(=O)O)c2)cc1. The van der Waals surface area contributed by atoms with E-state index < -0.39 is 97.5 Å². The lowest BCUT2D eigenvalue weighted by Gasteiger charge is -2.13. The lowest BCUT2D eigenvalue weighted by molar-refractivity contribution is 0.102. The van der Waals surface area contributed by atoms with Gasteiger partial charge in [0.15, 0.2) is 25.4 Å². The quantitative estimate of drug-likeness (QED) is 0.0444. The Labute approximate surface area is 371 Å². The summed E-state index contributed by atoms with van der Waals surface area (Å²) >= 11 is 0. The first-order valence-corrected chi connectivity index (χ1v) is 25.4. The number of anilines is 2. The van der Waals surface area contributed by atoms with E-state index in [0.717, 1.165) is 25.3 Å². The summed E-state index contributed by atoms with van der Waals surface area (Å²) in [4.78, 5) is 11.5. The van der Waals surface area contributed by atoms with Crippen LogP contribution in [0.2, 0.25) is 0 Å². The van der Waals surface area contributed by atoms with Crippen LogP contribution >= 0.6 is 0 Å². The number of benzene rings is 5. The Hall–Kier alpha value is -6.02. The first-order valence-electron chi connectivity index (χ1n) is 17.9. The number of carbonyl (C=O) groups excluding carboxylic acids is 1. The number of hydrogen-bond acceptors (Lipinski definition) is 20. The molecule has 0 aliphatic carbocycles. The number of methoxy groups -OCH3 is 1. The lowest BCUT2D eigenvalue weighted by atomic mass is 10.1. The molecule has 0 aromatic heterocycles. The van der Waals surface area contributed by atoms with Gasteiger partial charge in [-0.1, -0.05) is 6.07 Å². The molecule has 0 atom stereocenters. The highest BCUT2D eigenvalue weighted by molar-refractivity contribution is 7.91. The highest BCUT2D eigenvalue weighted by Crippen LogP contribution is 2.47. The van der Waals surface area contributed by atoms with Crippen LogP contribution in [0, 0.1) is 6.92 Å². The van der Waals surface area contributed by atoms with E-state index in [0.29, 0.717) is 0 Å². The summed E-state index contributed by atoms with van der Waals surface area (Å²) < 4.78 is 161. The average molecular weight is 1000 g/mol. The van der Waals surface area contributed by atoms with Crippen molar-refractivity contribution in [1.82, 2.24) is 0 Å². The zero-order valence-corrected chi connectivity index (χ0v) is 37.8. The molecular formula is C36H36N6O18S5. The first kappa shape index (κ1) is 50.0. The fourth-order valence-electron chi connectivity index (χ4n) is 5.83. The number of aromatic hydroxyl groups is 1. The van der Waals surface area contributed by atoms with Gasteiger partial charge in [-0.2, -0.15) is 30.4 Å². The fourth-order valence-corrected chi connectivity index (χ4v) is 9.76. The molecule has 0 heterocycles. The van der Waals surface area contributed by atoms with Crippen molar-refractivity contribution in [1.29, 1.82) is 0 Å². The average Bonchev–Trinajstić information content (AvgIpc) is 3.21. The molecule has 5 rings (SSSR count). The fraction of sp³-hybridized carbons (Fsp3) is 0.194. The first-order chi connectivity index (χ1) is 30.2. The van der Waals surface area contributed by atoms with Crippen LogP contribution in [0.1, 0.15) is 15.9 Å².